The Bertz CT molecular complexity index is 618. The van der Waals surface area contributed by atoms with Gasteiger partial charge in [-0.25, -0.2) is 4.79 Å². The van der Waals surface area contributed by atoms with E-state index in [9.17, 15) is 4.79 Å². The second-order valence-corrected chi connectivity index (χ2v) is 5.28. The highest BCUT2D eigenvalue weighted by atomic mass is 16.1. The normalized spacial score (nSPS) is 19.7. The number of hydrogen-bond donors (Lipinski definition) is 4. The fourth-order valence-electron chi connectivity index (χ4n) is 2.87. The van der Waals surface area contributed by atoms with Crippen molar-refractivity contribution in [1.82, 2.24) is 9.97 Å². The molecule has 0 amide bonds. The lowest BCUT2D eigenvalue weighted by atomic mass is 9.63. The average molecular weight is 246 g/mol. The van der Waals surface area contributed by atoms with Crippen LogP contribution in [0.3, 0.4) is 0 Å². The quantitative estimate of drug-likeness (QED) is 0.649. The van der Waals surface area contributed by atoms with Gasteiger partial charge in [-0.3, -0.25) is 0 Å². The first-order chi connectivity index (χ1) is 8.64. The van der Waals surface area contributed by atoms with Crippen LogP contribution < -0.4 is 17.2 Å². The molecule has 5 heteroatoms. The van der Waals surface area contributed by atoms with Gasteiger partial charge >= 0.3 is 5.69 Å². The van der Waals surface area contributed by atoms with Gasteiger partial charge in [-0.1, -0.05) is 12.5 Å². The molecular formula is C13H18N4O. The molecule has 6 N–H and O–H groups in total. The van der Waals surface area contributed by atoms with Crippen molar-refractivity contribution in [3.8, 4) is 0 Å². The van der Waals surface area contributed by atoms with Gasteiger partial charge < -0.3 is 21.4 Å². The van der Waals surface area contributed by atoms with Crippen LogP contribution in [0.15, 0.2) is 23.0 Å². The zero-order valence-corrected chi connectivity index (χ0v) is 10.2. The summed E-state index contributed by atoms with van der Waals surface area (Å²) in [7, 11) is 0. The van der Waals surface area contributed by atoms with Gasteiger partial charge in [-0.05, 0) is 37.1 Å². The largest absolute Gasteiger partial charge is 0.330 e. The van der Waals surface area contributed by atoms with Crippen molar-refractivity contribution in [3.63, 3.8) is 0 Å². The van der Waals surface area contributed by atoms with Gasteiger partial charge in [0.1, 0.15) is 0 Å². The number of H-pyrrole nitrogens is 2. The third-order valence-corrected chi connectivity index (χ3v) is 4.31. The monoisotopic (exact) mass is 246 g/mol. The maximum absolute atomic E-state index is 11.2. The van der Waals surface area contributed by atoms with Crippen LogP contribution in [0.2, 0.25) is 0 Å². The number of nitrogens with two attached hydrogens (primary N) is 2. The van der Waals surface area contributed by atoms with Crippen molar-refractivity contribution in [2.75, 3.05) is 6.54 Å². The van der Waals surface area contributed by atoms with E-state index in [1.807, 2.05) is 18.2 Å². The molecule has 1 fully saturated rings. The van der Waals surface area contributed by atoms with Crippen LogP contribution in [-0.4, -0.2) is 16.5 Å². The van der Waals surface area contributed by atoms with Crippen LogP contribution in [0, 0.1) is 5.41 Å². The number of aromatic nitrogens is 2. The highest BCUT2D eigenvalue weighted by Gasteiger charge is 2.41. The molecule has 0 saturated heterocycles. The summed E-state index contributed by atoms with van der Waals surface area (Å²) in [5.74, 6) is 0. The Labute approximate surface area is 105 Å². The van der Waals surface area contributed by atoms with E-state index in [2.05, 4.69) is 9.97 Å². The zero-order valence-electron chi connectivity index (χ0n) is 10.2. The summed E-state index contributed by atoms with van der Waals surface area (Å²) in [6.07, 6.45) is 3.38. The second-order valence-electron chi connectivity index (χ2n) is 5.28. The number of fused-ring (bicyclic) bond motifs is 1. The van der Waals surface area contributed by atoms with Gasteiger partial charge in [-0.2, -0.15) is 0 Å². The van der Waals surface area contributed by atoms with E-state index in [1.54, 1.807) is 0 Å². The molecule has 1 aromatic carbocycles. The Balaban J connectivity index is 2.00. The summed E-state index contributed by atoms with van der Waals surface area (Å²) < 4.78 is 0. The minimum Gasteiger partial charge on any atom is -0.330 e. The number of nitrogens with one attached hydrogen (secondary N) is 2. The van der Waals surface area contributed by atoms with Crippen molar-refractivity contribution >= 4 is 11.0 Å². The lowest BCUT2D eigenvalue weighted by Crippen LogP contribution is -2.46. The number of rotatable bonds is 3. The highest BCUT2D eigenvalue weighted by Crippen LogP contribution is 2.48. The summed E-state index contributed by atoms with van der Waals surface area (Å²) >= 11 is 0. The van der Waals surface area contributed by atoms with E-state index in [-0.39, 0.29) is 17.1 Å². The molecule has 0 spiro atoms. The van der Waals surface area contributed by atoms with Gasteiger partial charge in [0.2, 0.25) is 0 Å². The Kier molecular flexibility index (Phi) is 2.53. The molecule has 0 aliphatic heterocycles. The lowest BCUT2D eigenvalue weighted by molar-refractivity contribution is 0.105. The molecule has 2 aromatic rings. The first-order valence-electron chi connectivity index (χ1n) is 6.32. The molecule has 1 aromatic heterocycles. The van der Waals surface area contributed by atoms with E-state index in [0.29, 0.717) is 6.54 Å². The maximum Gasteiger partial charge on any atom is 0.323 e. The second kappa shape index (κ2) is 3.96. The van der Waals surface area contributed by atoms with Crippen molar-refractivity contribution in [2.45, 2.75) is 25.3 Å². The molecule has 1 saturated carbocycles. The number of imidazole rings is 1. The van der Waals surface area contributed by atoms with E-state index in [1.165, 1.54) is 6.42 Å². The summed E-state index contributed by atoms with van der Waals surface area (Å²) in [5, 5.41) is 0. The zero-order chi connectivity index (χ0) is 12.8. The molecule has 5 nitrogen and oxygen atoms in total. The van der Waals surface area contributed by atoms with Crippen LogP contribution in [0.4, 0.5) is 0 Å². The molecule has 3 rings (SSSR count). The maximum atomic E-state index is 11.2. The molecule has 1 atom stereocenters. The van der Waals surface area contributed by atoms with Crippen LogP contribution >= 0.6 is 0 Å². The fourth-order valence-corrected chi connectivity index (χ4v) is 2.87. The van der Waals surface area contributed by atoms with Crippen LogP contribution in [-0.2, 0) is 0 Å². The summed E-state index contributed by atoms with van der Waals surface area (Å²) in [6.45, 7) is 0.621. The van der Waals surface area contributed by atoms with Crippen molar-refractivity contribution in [3.05, 3.63) is 34.2 Å². The third kappa shape index (κ3) is 1.59. The van der Waals surface area contributed by atoms with Gasteiger partial charge in [0.05, 0.1) is 11.0 Å². The van der Waals surface area contributed by atoms with Gasteiger partial charge in [0.25, 0.3) is 0 Å². The SMILES string of the molecule is NCC1(C(N)c2ccc3[nH]c(=O)[nH]c3c2)CCC1. The number of benzene rings is 1. The lowest BCUT2D eigenvalue weighted by Gasteiger charge is -2.45. The highest BCUT2D eigenvalue weighted by molar-refractivity contribution is 5.75. The third-order valence-electron chi connectivity index (χ3n) is 4.31. The van der Waals surface area contributed by atoms with Gasteiger partial charge in [-0.15, -0.1) is 0 Å². The van der Waals surface area contributed by atoms with E-state index >= 15 is 0 Å². The predicted molar refractivity (Wildman–Crippen MR) is 71.2 cm³/mol. The molecule has 1 unspecified atom stereocenters. The van der Waals surface area contributed by atoms with Gasteiger partial charge in [0, 0.05) is 11.5 Å². The molecule has 96 valence electrons. The van der Waals surface area contributed by atoms with Crippen molar-refractivity contribution in [2.24, 2.45) is 16.9 Å². The van der Waals surface area contributed by atoms with Crippen molar-refractivity contribution in [1.29, 1.82) is 0 Å². The Hall–Kier alpha value is -1.59. The van der Waals surface area contributed by atoms with E-state index in [4.69, 9.17) is 11.5 Å². The smallest absolute Gasteiger partial charge is 0.323 e. The van der Waals surface area contributed by atoms with E-state index in [0.717, 1.165) is 29.4 Å². The molecule has 0 radical (unpaired) electrons. The molecule has 0 bridgehead atoms. The van der Waals surface area contributed by atoms with Crippen LogP contribution in [0.1, 0.15) is 30.9 Å². The van der Waals surface area contributed by atoms with Crippen LogP contribution in [0.5, 0.6) is 0 Å². The Morgan fingerprint density at radius 3 is 2.61 bits per heavy atom. The fraction of sp³-hybridized carbons (Fsp3) is 0.462. The first-order valence-corrected chi connectivity index (χ1v) is 6.32. The summed E-state index contributed by atoms with van der Waals surface area (Å²) in [5.41, 5.74) is 14.8. The molecule has 18 heavy (non-hydrogen) atoms. The standard InChI is InChI=1S/C13H18N4O/c14-7-13(4-1-5-13)11(15)8-2-3-9-10(6-8)17-12(18)16-9/h2-3,6,11H,1,4-5,7,14-15H2,(H2,16,17,18). The molecular weight excluding hydrogens is 228 g/mol. The van der Waals surface area contributed by atoms with Crippen LogP contribution in [0.25, 0.3) is 11.0 Å². The summed E-state index contributed by atoms with van der Waals surface area (Å²) in [6, 6.07) is 5.77. The Morgan fingerprint density at radius 1 is 1.28 bits per heavy atom. The molecule has 1 heterocycles. The molecule has 1 aliphatic carbocycles. The molecule has 1 aliphatic rings. The average Bonchev–Trinajstić information content (AvgIpc) is 2.67. The predicted octanol–water partition coefficient (Wildman–Crippen LogP) is 0.985. The minimum atomic E-state index is -0.187. The first kappa shape index (κ1) is 11.5. The minimum absolute atomic E-state index is 0.0459. The summed E-state index contributed by atoms with van der Waals surface area (Å²) in [4.78, 5) is 16.7. The van der Waals surface area contributed by atoms with E-state index < -0.39 is 0 Å². The Morgan fingerprint density at radius 2 is 2.00 bits per heavy atom. The van der Waals surface area contributed by atoms with Gasteiger partial charge in [0.15, 0.2) is 0 Å². The number of aromatic amines is 2. The van der Waals surface area contributed by atoms with Crippen molar-refractivity contribution < 1.29 is 0 Å². The topological polar surface area (TPSA) is 101 Å². The number of hydrogen-bond acceptors (Lipinski definition) is 3.